The van der Waals surface area contributed by atoms with E-state index in [-0.39, 0.29) is 11.4 Å². The van der Waals surface area contributed by atoms with Crippen molar-refractivity contribution in [2.24, 2.45) is 5.73 Å². The second-order valence-electron chi connectivity index (χ2n) is 5.43. The van der Waals surface area contributed by atoms with Crippen LogP contribution >= 0.6 is 0 Å². The Morgan fingerprint density at radius 1 is 1.20 bits per heavy atom. The van der Waals surface area contributed by atoms with E-state index < -0.39 is 17.5 Å². The molecule has 3 aromatic rings. The van der Waals surface area contributed by atoms with E-state index in [1.165, 1.54) is 0 Å². The molecule has 0 atom stereocenters. The molecule has 3 rings (SSSR count). The number of nitrogens with one attached hydrogen (secondary N) is 1. The smallest absolute Gasteiger partial charge is 0.248 e. The normalized spacial score (nSPS) is 10.8. The standard InChI is InChI=1S/C18H15F2N4O/c19-12-8-9-15(20)14(10-12)18-22-16(23-24-18)7-3-5-11-4-1-2-6-13(11)17(21)25/h1-2,4,6-10H,3,5H2,(H2,21,25)(H,22,23,24). The summed E-state index contributed by atoms with van der Waals surface area (Å²) >= 11 is 0. The Labute approximate surface area is 142 Å². The van der Waals surface area contributed by atoms with E-state index in [1.807, 2.05) is 12.1 Å². The molecule has 1 radical (unpaired) electrons. The van der Waals surface area contributed by atoms with Gasteiger partial charge in [0, 0.05) is 12.0 Å². The fourth-order valence-electron chi connectivity index (χ4n) is 2.50. The second-order valence-corrected chi connectivity index (χ2v) is 5.43. The summed E-state index contributed by atoms with van der Waals surface area (Å²) in [5.74, 6) is -1.10. The number of nitrogens with two attached hydrogens (primary N) is 1. The van der Waals surface area contributed by atoms with Gasteiger partial charge in [0.15, 0.2) is 5.82 Å². The number of primary amides is 1. The van der Waals surface area contributed by atoms with Crippen LogP contribution in [0, 0.1) is 18.1 Å². The highest BCUT2D eigenvalue weighted by atomic mass is 19.1. The minimum atomic E-state index is -0.595. The number of aromatic nitrogens is 3. The summed E-state index contributed by atoms with van der Waals surface area (Å²) in [6.07, 6.45) is 2.93. The minimum Gasteiger partial charge on any atom is -0.366 e. The number of carbonyl (C=O) groups excluding carboxylic acids is 1. The summed E-state index contributed by atoms with van der Waals surface area (Å²) in [6.45, 7) is 0. The molecule has 25 heavy (non-hydrogen) atoms. The summed E-state index contributed by atoms with van der Waals surface area (Å²) < 4.78 is 27.0. The number of benzene rings is 2. The van der Waals surface area contributed by atoms with Crippen molar-refractivity contribution < 1.29 is 13.6 Å². The number of hydrogen-bond acceptors (Lipinski definition) is 3. The third kappa shape index (κ3) is 3.88. The molecule has 0 spiro atoms. The fraction of sp³-hybridized carbons (Fsp3) is 0.111. The van der Waals surface area contributed by atoms with Crippen molar-refractivity contribution in [2.45, 2.75) is 12.8 Å². The van der Waals surface area contributed by atoms with Crippen LogP contribution in [-0.4, -0.2) is 21.1 Å². The van der Waals surface area contributed by atoms with Gasteiger partial charge >= 0.3 is 0 Å². The fourth-order valence-corrected chi connectivity index (χ4v) is 2.50. The van der Waals surface area contributed by atoms with Crippen LogP contribution < -0.4 is 5.73 Å². The molecule has 0 saturated carbocycles. The number of aromatic amines is 1. The zero-order chi connectivity index (χ0) is 17.8. The zero-order valence-corrected chi connectivity index (χ0v) is 13.2. The maximum absolute atomic E-state index is 13.7. The highest BCUT2D eigenvalue weighted by Crippen LogP contribution is 2.21. The number of hydrogen-bond donors (Lipinski definition) is 2. The first-order valence-corrected chi connectivity index (χ1v) is 7.63. The average Bonchev–Trinajstić information content (AvgIpc) is 3.06. The lowest BCUT2D eigenvalue weighted by molar-refractivity contribution is 0.0999. The van der Waals surface area contributed by atoms with Gasteiger partial charge in [0.05, 0.1) is 5.56 Å². The van der Waals surface area contributed by atoms with Crippen molar-refractivity contribution in [3.63, 3.8) is 0 Å². The zero-order valence-electron chi connectivity index (χ0n) is 13.2. The van der Waals surface area contributed by atoms with Crippen molar-refractivity contribution in [2.75, 3.05) is 0 Å². The Balaban J connectivity index is 1.67. The maximum Gasteiger partial charge on any atom is 0.248 e. The van der Waals surface area contributed by atoms with Crippen molar-refractivity contribution in [3.8, 4) is 11.4 Å². The molecule has 7 heteroatoms. The Bertz CT molecular complexity index is 908. The molecule has 1 aromatic heterocycles. The Hall–Kier alpha value is -3.09. The van der Waals surface area contributed by atoms with Crippen LogP contribution in [0.25, 0.3) is 11.4 Å². The summed E-state index contributed by atoms with van der Waals surface area (Å²) in [5, 5.41) is 6.59. The number of amides is 1. The molecular weight excluding hydrogens is 326 g/mol. The first-order chi connectivity index (χ1) is 12.0. The molecule has 0 aliphatic heterocycles. The van der Waals surface area contributed by atoms with Crippen LogP contribution in [0.15, 0.2) is 42.5 Å². The third-order valence-electron chi connectivity index (χ3n) is 3.71. The predicted molar refractivity (Wildman–Crippen MR) is 88.4 cm³/mol. The molecule has 0 aliphatic rings. The van der Waals surface area contributed by atoms with Gasteiger partial charge in [-0.05, 0) is 42.7 Å². The first-order valence-electron chi connectivity index (χ1n) is 7.63. The number of rotatable bonds is 6. The Morgan fingerprint density at radius 2 is 2.00 bits per heavy atom. The molecule has 3 N–H and O–H groups in total. The van der Waals surface area contributed by atoms with Gasteiger partial charge in [-0.2, -0.15) is 5.10 Å². The molecule has 1 heterocycles. The van der Waals surface area contributed by atoms with E-state index in [9.17, 15) is 13.6 Å². The Kier molecular flexibility index (Phi) is 4.83. The van der Waals surface area contributed by atoms with Crippen LogP contribution in [0.2, 0.25) is 0 Å². The van der Waals surface area contributed by atoms with Crippen molar-refractivity contribution >= 4 is 5.91 Å². The lowest BCUT2D eigenvalue weighted by Gasteiger charge is -2.05. The van der Waals surface area contributed by atoms with Gasteiger partial charge in [-0.1, -0.05) is 18.2 Å². The number of nitrogens with zero attached hydrogens (tertiary/aromatic N) is 2. The van der Waals surface area contributed by atoms with E-state index in [0.717, 1.165) is 23.8 Å². The van der Waals surface area contributed by atoms with Gasteiger partial charge in [0.1, 0.15) is 17.5 Å². The van der Waals surface area contributed by atoms with E-state index in [2.05, 4.69) is 15.2 Å². The van der Waals surface area contributed by atoms with Crippen LogP contribution in [0.1, 0.15) is 28.2 Å². The number of carbonyl (C=O) groups is 1. The number of halogens is 2. The van der Waals surface area contributed by atoms with Gasteiger partial charge in [0.25, 0.3) is 0 Å². The van der Waals surface area contributed by atoms with Gasteiger partial charge in [-0.25, -0.2) is 13.8 Å². The van der Waals surface area contributed by atoms with Crippen molar-refractivity contribution in [3.05, 3.63) is 77.5 Å². The highest BCUT2D eigenvalue weighted by molar-refractivity contribution is 5.94. The predicted octanol–water partition coefficient (Wildman–Crippen LogP) is 3.03. The van der Waals surface area contributed by atoms with Crippen LogP contribution in [-0.2, 0) is 6.42 Å². The van der Waals surface area contributed by atoms with Gasteiger partial charge in [-0.15, -0.1) is 0 Å². The summed E-state index contributed by atoms with van der Waals surface area (Å²) in [4.78, 5) is 15.5. The molecule has 5 nitrogen and oxygen atoms in total. The highest BCUT2D eigenvalue weighted by Gasteiger charge is 2.13. The molecule has 127 valence electrons. The van der Waals surface area contributed by atoms with Gasteiger partial charge in [-0.3, -0.25) is 9.89 Å². The first kappa shape index (κ1) is 16.8. The van der Waals surface area contributed by atoms with Gasteiger partial charge < -0.3 is 5.73 Å². The van der Waals surface area contributed by atoms with Crippen LogP contribution in [0.5, 0.6) is 0 Å². The molecule has 0 fully saturated rings. The average molecular weight is 341 g/mol. The van der Waals surface area contributed by atoms with Crippen LogP contribution in [0.4, 0.5) is 8.78 Å². The molecule has 0 saturated heterocycles. The molecule has 2 aromatic carbocycles. The molecule has 0 aliphatic carbocycles. The number of aryl methyl sites for hydroxylation is 1. The second kappa shape index (κ2) is 7.21. The quantitative estimate of drug-likeness (QED) is 0.723. The van der Waals surface area contributed by atoms with Crippen LogP contribution in [0.3, 0.4) is 0 Å². The monoisotopic (exact) mass is 341 g/mol. The van der Waals surface area contributed by atoms with E-state index in [4.69, 9.17) is 5.73 Å². The van der Waals surface area contributed by atoms with Crippen molar-refractivity contribution in [1.29, 1.82) is 0 Å². The third-order valence-corrected chi connectivity index (χ3v) is 3.71. The number of H-pyrrole nitrogens is 1. The molecular formula is C18H15F2N4O. The van der Waals surface area contributed by atoms with E-state index >= 15 is 0 Å². The minimum absolute atomic E-state index is 0.00465. The summed E-state index contributed by atoms with van der Waals surface area (Å²) in [5.41, 5.74) is 6.66. The summed E-state index contributed by atoms with van der Waals surface area (Å²) in [6, 6.07) is 10.2. The molecule has 0 bridgehead atoms. The molecule has 0 unspecified atom stereocenters. The Morgan fingerprint density at radius 3 is 2.80 bits per heavy atom. The topological polar surface area (TPSA) is 84.7 Å². The largest absolute Gasteiger partial charge is 0.366 e. The lowest BCUT2D eigenvalue weighted by Crippen LogP contribution is -2.13. The van der Waals surface area contributed by atoms with E-state index in [1.54, 1.807) is 18.6 Å². The van der Waals surface area contributed by atoms with Gasteiger partial charge in [0.2, 0.25) is 5.91 Å². The maximum atomic E-state index is 13.7. The SMILES string of the molecule is NC(=O)c1ccccc1CC[CH]c1nc(-c2cc(F)ccc2F)n[nH]1. The van der Waals surface area contributed by atoms with E-state index in [0.29, 0.717) is 24.2 Å². The molecule has 1 amide bonds. The summed E-state index contributed by atoms with van der Waals surface area (Å²) in [7, 11) is 0. The van der Waals surface area contributed by atoms with Crippen molar-refractivity contribution in [1.82, 2.24) is 15.2 Å². The lowest BCUT2D eigenvalue weighted by atomic mass is 10.0.